The van der Waals surface area contributed by atoms with Crippen molar-refractivity contribution in [2.24, 2.45) is 0 Å². The maximum atomic E-state index is 15.1. The zero-order chi connectivity index (χ0) is 36.8. The first-order valence-electron chi connectivity index (χ1n) is 17.6. The van der Waals surface area contributed by atoms with Gasteiger partial charge in [-0.25, -0.2) is 9.24 Å². The van der Waals surface area contributed by atoms with E-state index < -0.39 is 17.3 Å². The maximum absolute atomic E-state index is 15.1. The number of halogens is 1. The van der Waals surface area contributed by atoms with Crippen molar-refractivity contribution in [1.29, 1.82) is 0 Å². The molecule has 3 aromatic heterocycles. The lowest BCUT2D eigenvalue weighted by atomic mass is 9.93. The third-order valence-corrected chi connectivity index (χ3v) is 9.90. The molecule has 2 aliphatic heterocycles. The van der Waals surface area contributed by atoms with Crippen LogP contribution < -0.4 is 10.7 Å². The molecule has 0 aliphatic carbocycles. The fraction of sp³-hybridized carbons (Fsp3) is 0.375. The van der Waals surface area contributed by atoms with Crippen molar-refractivity contribution >= 4 is 33.4 Å². The first-order valence-corrected chi connectivity index (χ1v) is 17.6. The van der Waals surface area contributed by atoms with E-state index in [2.05, 4.69) is 48.8 Å². The van der Waals surface area contributed by atoms with Gasteiger partial charge in [0.05, 0.1) is 55.3 Å². The van der Waals surface area contributed by atoms with E-state index >= 15 is 4.39 Å². The molecule has 0 radical (unpaired) electrons. The van der Waals surface area contributed by atoms with Crippen molar-refractivity contribution < 1.29 is 18.7 Å². The van der Waals surface area contributed by atoms with E-state index in [0.717, 1.165) is 62.4 Å². The molecule has 2 saturated heterocycles. The number of carbonyl (C=O) groups is 1. The van der Waals surface area contributed by atoms with Gasteiger partial charge in [-0.05, 0) is 81.8 Å². The molecule has 12 heteroatoms. The van der Waals surface area contributed by atoms with E-state index in [9.17, 15) is 9.59 Å². The van der Waals surface area contributed by atoms with Crippen LogP contribution in [0.2, 0.25) is 0 Å². The summed E-state index contributed by atoms with van der Waals surface area (Å²) >= 11 is 0. The van der Waals surface area contributed by atoms with Crippen molar-refractivity contribution in [3.05, 3.63) is 123 Å². The molecule has 7 rings (SSSR count). The SMILES string of the molecule is CC(c1cc(C(C)(C)NC(=O)c2cc3[nH]c4ccccc4c(=O)c3cc2F)ccn1)N1CCOCC1.[C-]#[N+]c1ccnc(C(C)N2CCOCC2)c1. The molecule has 2 N–H and O–H groups in total. The van der Waals surface area contributed by atoms with E-state index in [1.165, 1.54) is 6.07 Å². The number of rotatable bonds is 7. The van der Waals surface area contributed by atoms with Crippen LogP contribution in [0.1, 0.15) is 67.1 Å². The number of carbonyl (C=O) groups excluding carboxylic acids is 1. The van der Waals surface area contributed by atoms with Gasteiger partial charge in [0.25, 0.3) is 5.91 Å². The van der Waals surface area contributed by atoms with E-state index in [0.29, 0.717) is 35.3 Å². The fourth-order valence-corrected chi connectivity index (χ4v) is 6.65. The highest BCUT2D eigenvalue weighted by molar-refractivity contribution is 6.00. The Morgan fingerprint density at radius 2 is 1.46 bits per heavy atom. The standard InChI is InChI=1S/C28H29FN4O3.C12H15N3O/c1-17(33-10-12-36-13-11-33)24-14-18(8-9-30-24)28(2,3)32-27(35)20-16-25-21(15-22(20)29)26(34)19-6-4-5-7-23(19)31-25;1-10(15-5-7-16-8-6-15)12-9-11(13-2)3-4-14-12/h4-9,14-17H,10-13H2,1-3H3,(H,31,34)(H,32,35);3-4,9-10H,5-8H2,1H3. The minimum Gasteiger partial charge on any atom is -0.379 e. The molecule has 5 heterocycles. The summed E-state index contributed by atoms with van der Waals surface area (Å²) in [4.78, 5) is 46.2. The molecule has 2 aromatic carbocycles. The third-order valence-electron chi connectivity index (χ3n) is 9.90. The predicted molar refractivity (Wildman–Crippen MR) is 199 cm³/mol. The fourth-order valence-electron chi connectivity index (χ4n) is 6.65. The normalized spacial score (nSPS) is 16.8. The molecule has 11 nitrogen and oxygen atoms in total. The molecular weight excluding hydrogens is 661 g/mol. The number of hydrogen-bond acceptors (Lipinski definition) is 8. The first kappa shape index (κ1) is 36.7. The summed E-state index contributed by atoms with van der Waals surface area (Å²) in [6.45, 7) is 21.5. The second kappa shape index (κ2) is 16.1. The van der Waals surface area contributed by atoms with Crippen molar-refractivity contribution in [3.8, 4) is 0 Å². The summed E-state index contributed by atoms with van der Waals surface area (Å²) < 4.78 is 25.8. The Labute approximate surface area is 302 Å². The molecule has 2 fully saturated rings. The van der Waals surface area contributed by atoms with Gasteiger partial charge >= 0.3 is 0 Å². The number of nitrogens with zero attached hydrogens (tertiary/aromatic N) is 5. The van der Waals surface area contributed by atoms with E-state index in [4.69, 9.17) is 16.0 Å². The van der Waals surface area contributed by atoms with Crippen molar-refractivity contribution in [3.63, 3.8) is 0 Å². The van der Waals surface area contributed by atoms with Crippen LogP contribution in [0.4, 0.5) is 10.1 Å². The van der Waals surface area contributed by atoms with Crippen LogP contribution in [-0.4, -0.2) is 83.3 Å². The molecule has 0 saturated carbocycles. The van der Waals surface area contributed by atoms with E-state index in [1.54, 1.807) is 36.7 Å². The van der Waals surface area contributed by atoms with Gasteiger partial charge in [0, 0.05) is 72.6 Å². The molecule has 2 atom stereocenters. The largest absolute Gasteiger partial charge is 0.379 e. The number of para-hydroxylation sites is 1. The molecule has 2 aliphatic rings. The smallest absolute Gasteiger partial charge is 0.255 e. The highest BCUT2D eigenvalue weighted by Crippen LogP contribution is 2.27. The van der Waals surface area contributed by atoms with Gasteiger partial charge in [0.1, 0.15) is 5.82 Å². The van der Waals surface area contributed by atoms with Crippen LogP contribution in [0.5, 0.6) is 0 Å². The van der Waals surface area contributed by atoms with E-state index in [1.807, 2.05) is 38.1 Å². The minimum atomic E-state index is -0.794. The molecule has 0 spiro atoms. The molecule has 52 heavy (non-hydrogen) atoms. The Morgan fingerprint density at radius 3 is 2.10 bits per heavy atom. The summed E-state index contributed by atoms with van der Waals surface area (Å²) in [7, 11) is 0. The lowest BCUT2D eigenvalue weighted by Gasteiger charge is -2.33. The lowest BCUT2D eigenvalue weighted by molar-refractivity contribution is 0.0190. The number of amides is 1. The number of morpholine rings is 2. The van der Waals surface area contributed by atoms with Crippen LogP contribution in [-0.2, 0) is 15.0 Å². The number of hydrogen-bond donors (Lipinski definition) is 2. The molecule has 1 amide bonds. The van der Waals surface area contributed by atoms with Crippen LogP contribution in [0.15, 0.2) is 77.9 Å². The highest BCUT2D eigenvalue weighted by Gasteiger charge is 2.28. The second-order valence-corrected chi connectivity index (χ2v) is 13.6. The van der Waals surface area contributed by atoms with Crippen LogP contribution in [0.25, 0.3) is 26.7 Å². The number of benzene rings is 2. The summed E-state index contributed by atoms with van der Waals surface area (Å²) in [6.07, 6.45) is 3.45. The van der Waals surface area contributed by atoms with Crippen molar-refractivity contribution in [2.75, 3.05) is 52.6 Å². The third kappa shape index (κ3) is 8.19. The highest BCUT2D eigenvalue weighted by atomic mass is 19.1. The van der Waals surface area contributed by atoms with Crippen LogP contribution in [0.3, 0.4) is 0 Å². The van der Waals surface area contributed by atoms with Crippen molar-refractivity contribution in [1.82, 2.24) is 30.1 Å². The van der Waals surface area contributed by atoms with Gasteiger partial charge in [-0.2, -0.15) is 0 Å². The number of fused-ring (bicyclic) bond motifs is 2. The van der Waals surface area contributed by atoms with E-state index in [-0.39, 0.29) is 28.5 Å². The number of aromatic amines is 1. The van der Waals surface area contributed by atoms with Gasteiger partial charge in [-0.3, -0.25) is 29.4 Å². The Balaban J connectivity index is 0.000000242. The molecular formula is C40H44FN7O4. The summed E-state index contributed by atoms with van der Waals surface area (Å²) in [5.41, 5.74) is 3.24. The first-order chi connectivity index (χ1) is 25.1. The average molecular weight is 706 g/mol. The zero-order valence-electron chi connectivity index (χ0n) is 30.0. The number of H-pyrrole nitrogens is 1. The molecule has 5 aromatic rings. The Morgan fingerprint density at radius 1 is 0.865 bits per heavy atom. The quantitative estimate of drug-likeness (QED) is 0.150. The van der Waals surface area contributed by atoms with Crippen LogP contribution >= 0.6 is 0 Å². The Kier molecular flexibility index (Phi) is 11.4. The molecule has 270 valence electrons. The van der Waals surface area contributed by atoms with Gasteiger partial charge in [0.15, 0.2) is 11.1 Å². The van der Waals surface area contributed by atoms with Crippen molar-refractivity contribution in [2.45, 2.75) is 45.3 Å². The summed E-state index contributed by atoms with van der Waals surface area (Å²) in [5, 5.41) is 3.64. The number of ether oxygens (including phenoxy) is 2. The molecule has 0 bridgehead atoms. The van der Waals surface area contributed by atoms with Gasteiger partial charge < -0.3 is 19.8 Å². The summed E-state index contributed by atoms with van der Waals surface area (Å²) in [6, 6.07) is 17.4. The second-order valence-electron chi connectivity index (χ2n) is 13.6. The van der Waals surface area contributed by atoms with Gasteiger partial charge in [-0.1, -0.05) is 12.1 Å². The van der Waals surface area contributed by atoms with Gasteiger partial charge in [-0.15, -0.1) is 0 Å². The Bertz CT molecular complexity index is 2150. The number of pyridine rings is 3. The monoisotopic (exact) mass is 705 g/mol. The molecule has 2 unspecified atom stereocenters. The topological polar surface area (TPSA) is 117 Å². The predicted octanol–water partition coefficient (Wildman–Crippen LogP) is 6.30. The number of nitrogens with one attached hydrogen (secondary N) is 2. The minimum absolute atomic E-state index is 0.102. The Hall–Kier alpha value is -5.06. The average Bonchev–Trinajstić information content (AvgIpc) is 3.18. The lowest BCUT2D eigenvalue weighted by Crippen LogP contribution is -2.42. The van der Waals surface area contributed by atoms with Gasteiger partial charge in [0.2, 0.25) is 0 Å². The maximum Gasteiger partial charge on any atom is 0.255 e. The van der Waals surface area contributed by atoms with Crippen LogP contribution in [0, 0.1) is 12.4 Å². The number of aromatic nitrogens is 3. The summed E-state index contributed by atoms with van der Waals surface area (Å²) in [5.74, 6) is -1.30. The zero-order valence-corrected chi connectivity index (χ0v) is 30.0.